The predicted molar refractivity (Wildman–Crippen MR) is 55.8 cm³/mol. The normalized spacial score (nSPS) is 27.2. The molecule has 1 saturated heterocycles. The third kappa shape index (κ3) is 2.44. The molecule has 1 aromatic carbocycles. The average Bonchev–Trinajstić information content (AvgIpc) is 2.63. The van der Waals surface area contributed by atoms with Gasteiger partial charge < -0.3 is 9.47 Å². The first-order chi connectivity index (χ1) is 6.84. The minimum Gasteiger partial charge on any atom is -0.346 e. The maximum atomic E-state index is 5.47. The fraction of sp³-hybridized carbons (Fsp3) is 0.333. The van der Waals surface area contributed by atoms with E-state index in [0.29, 0.717) is 6.61 Å². The molecule has 1 fully saturated rings. The van der Waals surface area contributed by atoms with Gasteiger partial charge in [-0.25, -0.2) is 0 Å². The van der Waals surface area contributed by atoms with E-state index >= 15 is 0 Å². The molecule has 0 aliphatic carbocycles. The molecule has 2 heteroatoms. The van der Waals surface area contributed by atoms with E-state index in [0.717, 1.165) is 0 Å². The number of benzene rings is 1. The van der Waals surface area contributed by atoms with Gasteiger partial charge in [0.1, 0.15) is 0 Å². The van der Waals surface area contributed by atoms with Crippen molar-refractivity contribution in [2.45, 2.75) is 19.3 Å². The van der Waals surface area contributed by atoms with Crippen LogP contribution in [0, 0.1) is 0 Å². The van der Waals surface area contributed by atoms with Crippen molar-refractivity contribution in [1.82, 2.24) is 0 Å². The van der Waals surface area contributed by atoms with E-state index in [1.54, 1.807) is 0 Å². The summed E-state index contributed by atoms with van der Waals surface area (Å²) in [5, 5.41) is 0. The van der Waals surface area contributed by atoms with Crippen LogP contribution >= 0.6 is 0 Å². The van der Waals surface area contributed by atoms with E-state index in [2.05, 4.69) is 12.1 Å². The zero-order chi connectivity index (χ0) is 9.80. The van der Waals surface area contributed by atoms with E-state index in [-0.39, 0.29) is 12.4 Å². The Kier molecular flexibility index (Phi) is 2.96. The zero-order valence-electron chi connectivity index (χ0n) is 8.22. The van der Waals surface area contributed by atoms with Crippen LogP contribution in [0.4, 0.5) is 0 Å². The SMILES string of the molecule is C[C@H]1CO[C@H](/C=C/c2ccccc2)O1. The molecule has 74 valence electrons. The number of hydrogen-bond donors (Lipinski definition) is 0. The minimum absolute atomic E-state index is 0.176. The van der Waals surface area contributed by atoms with Crippen LogP contribution in [0.15, 0.2) is 36.4 Å². The Morgan fingerprint density at radius 1 is 1.29 bits per heavy atom. The van der Waals surface area contributed by atoms with Crippen LogP contribution in [0.5, 0.6) is 0 Å². The Labute approximate surface area is 84.2 Å². The molecule has 14 heavy (non-hydrogen) atoms. The van der Waals surface area contributed by atoms with Crippen molar-refractivity contribution in [2.75, 3.05) is 6.61 Å². The van der Waals surface area contributed by atoms with Gasteiger partial charge in [-0.2, -0.15) is 0 Å². The first-order valence-electron chi connectivity index (χ1n) is 4.85. The highest BCUT2D eigenvalue weighted by molar-refractivity contribution is 5.48. The van der Waals surface area contributed by atoms with E-state index < -0.39 is 0 Å². The van der Waals surface area contributed by atoms with Gasteiger partial charge in [0.15, 0.2) is 6.29 Å². The molecular weight excluding hydrogens is 176 g/mol. The highest BCUT2D eigenvalue weighted by Crippen LogP contribution is 2.13. The fourth-order valence-electron chi connectivity index (χ4n) is 1.39. The first kappa shape index (κ1) is 9.44. The number of rotatable bonds is 2. The smallest absolute Gasteiger partial charge is 0.177 e. The van der Waals surface area contributed by atoms with Crippen molar-refractivity contribution in [2.24, 2.45) is 0 Å². The van der Waals surface area contributed by atoms with E-state index in [4.69, 9.17) is 9.47 Å². The lowest BCUT2D eigenvalue weighted by molar-refractivity contribution is -0.0155. The lowest BCUT2D eigenvalue weighted by Crippen LogP contribution is -2.05. The monoisotopic (exact) mass is 190 g/mol. The summed E-state index contributed by atoms with van der Waals surface area (Å²) in [5.41, 5.74) is 1.17. The van der Waals surface area contributed by atoms with Gasteiger partial charge in [-0.05, 0) is 18.6 Å². The van der Waals surface area contributed by atoms with Crippen molar-refractivity contribution in [3.63, 3.8) is 0 Å². The summed E-state index contributed by atoms with van der Waals surface area (Å²) in [6.07, 6.45) is 3.99. The summed E-state index contributed by atoms with van der Waals surface area (Å²) in [5.74, 6) is 0. The highest BCUT2D eigenvalue weighted by atomic mass is 16.7. The van der Waals surface area contributed by atoms with Crippen LogP contribution in [0.1, 0.15) is 12.5 Å². The van der Waals surface area contributed by atoms with Gasteiger partial charge in [0, 0.05) is 0 Å². The summed E-state index contributed by atoms with van der Waals surface area (Å²) in [4.78, 5) is 0. The standard InChI is InChI=1S/C12H14O2/c1-10-9-13-12(14-10)8-7-11-5-3-2-4-6-11/h2-8,10,12H,9H2,1H3/b8-7+/t10-,12-/m0/s1. The Morgan fingerprint density at radius 3 is 2.71 bits per heavy atom. The molecule has 0 bridgehead atoms. The van der Waals surface area contributed by atoms with Crippen LogP contribution in [-0.2, 0) is 9.47 Å². The van der Waals surface area contributed by atoms with Crippen molar-refractivity contribution in [3.8, 4) is 0 Å². The largest absolute Gasteiger partial charge is 0.346 e. The minimum atomic E-state index is -0.176. The molecule has 1 aliphatic rings. The van der Waals surface area contributed by atoms with Crippen LogP contribution < -0.4 is 0 Å². The molecular formula is C12H14O2. The third-order valence-electron chi connectivity index (χ3n) is 2.11. The first-order valence-corrected chi connectivity index (χ1v) is 4.85. The molecule has 0 N–H and O–H groups in total. The zero-order valence-corrected chi connectivity index (χ0v) is 8.22. The lowest BCUT2D eigenvalue weighted by atomic mass is 10.2. The van der Waals surface area contributed by atoms with Crippen LogP contribution in [0.25, 0.3) is 6.08 Å². The second-order valence-electron chi connectivity index (χ2n) is 3.42. The average molecular weight is 190 g/mol. The quantitative estimate of drug-likeness (QED) is 0.713. The van der Waals surface area contributed by atoms with Gasteiger partial charge >= 0.3 is 0 Å². The van der Waals surface area contributed by atoms with Crippen LogP contribution in [-0.4, -0.2) is 19.0 Å². The molecule has 1 heterocycles. The molecule has 0 saturated carbocycles. The van der Waals surface area contributed by atoms with Crippen LogP contribution in [0.3, 0.4) is 0 Å². The Bertz CT molecular complexity index is 305. The maximum Gasteiger partial charge on any atom is 0.177 e. The summed E-state index contributed by atoms with van der Waals surface area (Å²) in [6, 6.07) is 10.1. The Hall–Kier alpha value is -1.12. The summed E-state index contributed by atoms with van der Waals surface area (Å²) in [6.45, 7) is 2.69. The lowest BCUT2D eigenvalue weighted by Gasteiger charge is -2.02. The Balaban J connectivity index is 1.94. The second kappa shape index (κ2) is 4.40. The van der Waals surface area contributed by atoms with E-state index in [1.165, 1.54) is 5.56 Å². The molecule has 2 atom stereocenters. The molecule has 1 aromatic rings. The number of ether oxygens (including phenoxy) is 2. The second-order valence-corrected chi connectivity index (χ2v) is 3.42. The molecule has 0 unspecified atom stereocenters. The fourth-order valence-corrected chi connectivity index (χ4v) is 1.39. The molecule has 0 radical (unpaired) electrons. The van der Waals surface area contributed by atoms with Gasteiger partial charge in [-0.1, -0.05) is 36.4 Å². The van der Waals surface area contributed by atoms with Gasteiger partial charge in [0.05, 0.1) is 12.7 Å². The van der Waals surface area contributed by atoms with Crippen molar-refractivity contribution >= 4 is 6.08 Å². The number of hydrogen-bond acceptors (Lipinski definition) is 2. The van der Waals surface area contributed by atoms with Crippen molar-refractivity contribution in [3.05, 3.63) is 42.0 Å². The van der Waals surface area contributed by atoms with Gasteiger partial charge in [0.25, 0.3) is 0 Å². The molecule has 0 amide bonds. The van der Waals surface area contributed by atoms with Crippen molar-refractivity contribution < 1.29 is 9.47 Å². The van der Waals surface area contributed by atoms with Crippen molar-refractivity contribution in [1.29, 1.82) is 0 Å². The van der Waals surface area contributed by atoms with Crippen LogP contribution in [0.2, 0.25) is 0 Å². The summed E-state index contributed by atoms with van der Waals surface area (Å²) >= 11 is 0. The summed E-state index contributed by atoms with van der Waals surface area (Å²) in [7, 11) is 0. The summed E-state index contributed by atoms with van der Waals surface area (Å²) < 4.78 is 10.9. The van der Waals surface area contributed by atoms with Gasteiger partial charge in [0.2, 0.25) is 0 Å². The maximum absolute atomic E-state index is 5.47. The molecule has 2 nitrogen and oxygen atoms in total. The predicted octanol–water partition coefficient (Wildman–Crippen LogP) is 2.46. The molecule has 2 rings (SSSR count). The van der Waals surface area contributed by atoms with Gasteiger partial charge in [-0.3, -0.25) is 0 Å². The molecule has 1 aliphatic heterocycles. The van der Waals surface area contributed by atoms with E-state index in [9.17, 15) is 0 Å². The molecule has 0 spiro atoms. The van der Waals surface area contributed by atoms with Gasteiger partial charge in [-0.15, -0.1) is 0 Å². The molecule has 0 aromatic heterocycles. The third-order valence-corrected chi connectivity index (χ3v) is 2.11. The Morgan fingerprint density at radius 2 is 2.07 bits per heavy atom. The topological polar surface area (TPSA) is 18.5 Å². The highest BCUT2D eigenvalue weighted by Gasteiger charge is 2.19. The van der Waals surface area contributed by atoms with E-state index in [1.807, 2.05) is 37.3 Å².